The van der Waals surface area contributed by atoms with Gasteiger partial charge in [-0.1, -0.05) is 6.07 Å². The molecule has 0 saturated heterocycles. The number of benzene rings is 1. The summed E-state index contributed by atoms with van der Waals surface area (Å²) < 4.78 is 15.5. The number of ether oxygens (including phenoxy) is 2. The molecule has 1 aromatic carbocycles. The molecule has 0 spiro atoms. The van der Waals surface area contributed by atoms with E-state index in [4.69, 9.17) is 13.9 Å². The number of carbonyl (C=O) groups is 2. The van der Waals surface area contributed by atoms with Gasteiger partial charge in [0.1, 0.15) is 5.76 Å². The highest BCUT2D eigenvalue weighted by Crippen LogP contribution is 2.32. The second-order valence-electron chi connectivity index (χ2n) is 4.63. The lowest BCUT2D eigenvalue weighted by atomic mass is 10.2. The summed E-state index contributed by atoms with van der Waals surface area (Å²) in [7, 11) is 0. The number of furan rings is 1. The maximum absolute atomic E-state index is 11.7. The minimum Gasteiger partial charge on any atom is -0.467 e. The van der Waals surface area contributed by atoms with E-state index in [-0.39, 0.29) is 19.9 Å². The Labute approximate surface area is 126 Å². The molecule has 1 aliphatic heterocycles. The SMILES string of the molecule is O=C(NCc1ccc2c(c1)OCO2)C(=O)NCc1ccco1. The zero-order chi connectivity index (χ0) is 15.4. The van der Waals surface area contributed by atoms with Gasteiger partial charge in [-0.15, -0.1) is 0 Å². The van der Waals surface area contributed by atoms with E-state index in [1.807, 2.05) is 0 Å². The number of nitrogens with one attached hydrogen (secondary N) is 2. The number of hydrogen-bond acceptors (Lipinski definition) is 5. The Morgan fingerprint density at radius 3 is 2.55 bits per heavy atom. The number of carbonyl (C=O) groups excluding carboxylic acids is 2. The van der Waals surface area contributed by atoms with Crippen LogP contribution in [0.3, 0.4) is 0 Å². The van der Waals surface area contributed by atoms with Gasteiger partial charge in [0.05, 0.1) is 12.8 Å². The Morgan fingerprint density at radius 2 is 1.77 bits per heavy atom. The Kier molecular flexibility index (Phi) is 3.95. The molecule has 0 saturated carbocycles. The zero-order valence-electron chi connectivity index (χ0n) is 11.6. The minimum absolute atomic E-state index is 0.170. The van der Waals surface area contributed by atoms with E-state index in [1.54, 1.807) is 30.3 Å². The molecule has 2 N–H and O–H groups in total. The van der Waals surface area contributed by atoms with Crippen LogP contribution in [-0.2, 0) is 22.7 Å². The molecule has 2 aromatic rings. The lowest BCUT2D eigenvalue weighted by Crippen LogP contribution is -2.39. The molecule has 3 rings (SSSR count). The van der Waals surface area contributed by atoms with Crippen molar-refractivity contribution in [3.8, 4) is 11.5 Å². The topological polar surface area (TPSA) is 89.8 Å². The molecule has 0 bridgehead atoms. The minimum atomic E-state index is -0.711. The van der Waals surface area contributed by atoms with Crippen LogP contribution in [0.15, 0.2) is 41.0 Å². The molecule has 7 heteroatoms. The third kappa shape index (κ3) is 3.20. The molecular formula is C15H14N2O5. The van der Waals surface area contributed by atoms with Gasteiger partial charge in [0.15, 0.2) is 11.5 Å². The van der Waals surface area contributed by atoms with E-state index >= 15 is 0 Å². The molecule has 2 heterocycles. The molecule has 2 amide bonds. The van der Waals surface area contributed by atoms with E-state index in [0.717, 1.165) is 5.56 Å². The van der Waals surface area contributed by atoms with Crippen molar-refractivity contribution in [1.82, 2.24) is 10.6 Å². The molecule has 1 aromatic heterocycles. The normalized spacial score (nSPS) is 12.0. The van der Waals surface area contributed by atoms with Crippen LogP contribution in [-0.4, -0.2) is 18.6 Å². The van der Waals surface area contributed by atoms with Crippen molar-refractivity contribution >= 4 is 11.8 Å². The van der Waals surface area contributed by atoms with Gasteiger partial charge in [0, 0.05) is 6.54 Å². The van der Waals surface area contributed by atoms with Crippen LogP contribution in [0.5, 0.6) is 11.5 Å². The molecular weight excluding hydrogens is 288 g/mol. The summed E-state index contributed by atoms with van der Waals surface area (Å²) in [4.78, 5) is 23.3. The first kappa shape index (κ1) is 14.0. The van der Waals surface area contributed by atoms with Crippen molar-refractivity contribution in [1.29, 1.82) is 0 Å². The summed E-state index contributed by atoms with van der Waals surface area (Å²) in [6, 6.07) is 8.75. The first-order chi connectivity index (χ1) is 10.7. The highest BCUT2D eigenvalue weighted by molar-refractivity contribution is 6.35. The number of amides is 2. The number of rotatable bonds is 4. The summed E-state index contributed by atoms with van der Waals surface area (Å²) >= 11 is 0. The molecule has 0 radical (unpaired) electrons. The van der Waals surface area contributed by atoms with Crippen molar-refractivity contribution in [3.05, 3.63) is 47.9 Å². The summed E-state index contributed by atoms with van der Waals surface area (Å²) in [5, 5.41) is 5.02. The molecule has 0 aliphatic carbocycles. The Bertz CT molecular complexity index is 681. The Morgan fingerprint density at radius 1 is 1.00 bits per heavy atom. The average Bonchev–Trinajstić information content (AvgIpc) is 3.20. The largest absolute Gasteiger partial charge is 0.467 e. The van der Waals surface area contributed by atoms with Gasteiger partial charge in [-0.05, 0) is 29.8 Å². The van der Waals surface area contributed by atoms with E-state index in [2.05, 4.69) is 10.6 Å². The van der Waals surface area contributed by atoms with Crippen LogP contribution in [0.25, 0.3) is 0 Å². The molecule has 1 aliphatic rings. The van der Waals surface area contributed by atoms with E-state index < -0.39 is 11.8 Å². The number of fused-ring (bicyclic) bond motifs is 1. The highest BCUT2D eigenvalue weighted by Gasteiger charge is 2.15. The molecule has 22 heavy (non-hydrogen) atoms. The van der Waals surface area contributed by atoms with Crippen molar-refractivity contribution < 1.29 is 23.5 Å². The zero-order valence-corrected chi connectivity index (χ0v) is 11.6. The predicted octanol–water partition coefficient (Wildman–Crippen LogP) is 0.941. The van der Waals surface area contributed by atoms with Gasteiger partial charge in [-0.2, -0.15) is 0 Å². The van der Waals surface area contributed by atoms with Crippen LogP contribution >= 0.6 is 0 Å². The second kappa shape index (κ2) is 6.21. The second-order valence-corrected chi connectivity index (χ2v) is 4.63. The van der Waals surface area contributed by atoms with Gasteiger partial charge in [-0.3, -0.25) is 9.59 Å². The third-order valence-electron chi connectivity index (χ3n) is 3.10. The molecule has 0 unspecified atom stereocenters. The summed E-state index contributed by atoms with van der Waals surface area (Å²) in [5.74, 6) is 0.471. The van der Waals surface area contributed by atoms with Crippen molar-refractivity contribution in [2.24, 2.45) is 0 Å². The smallest absolute Gasteiger partial charge is 0.309 e. The fourth-order valence-corrected chi connectivity index (χ4v) is 1.97. The molecule has 0 fully saturated rings. The Hall–Kier alpha value is -2.96. The number of hydrogen-bond donors (Lipinski definition) is 2. The van der Waals surface area contributed by atoms with Crippen molar-refractivity contribution in [2.45, 2.75) is 13.1 Å². The van der Waals surface area contributed by atoms with Crippen molar-refractivity contribution in [2.75, 3.05) is 6.79 Å². The average molecular weight is 302 g/mol. The van der Waals surface area contributed by atoms with E-state index in [1.165, 1.54) is 6.26 Å². The summed E-state index contributed by atoms with van der Waals surface area (Å²) in [6.45, 7) is 0.591. The van der Waals surface area contributed by atoms with E-state index in [9.17, 15) is 9.59 Å². The molecule has 7 nitrogen and oxygen atoms in total. The van der Waals surface area contributed by atoms with Gasteiger partial charge in [-0.25, -0.2) is 0 Å². The fraction of sp³-hybridized carbons (Fsp3) is 0.200. The first-order valence-electron chi connectivity index (χ1n) is 6.69. The maximum atomic E-state index is 11.7. The lowest BCUT2D eigenvalue weighted by molar-refractivity contribution is -0.139. The first-order valence-corrected chi connectivity index (χ1v) is 6.69. The van der Waals surface area contributed by atoms with Crippen LogP contribution in [0.1, 0.15) is 11.3 Å². The van der Waals surface area contributed by atoms with Crippen LogP contribution < -0.4 is 20.1 Å². The van der Waals surface area contributed by atoms with Crippen LogP contribution in [0, 0.1) is 0 Å². The highest BCUT2D eigenvalue weighted by atomic mass is 16.7. The van der Waals surface area contributed by atoms with Crippen LogP contribution in [0.2, 0.25) is 0 Å². The standard InChI is InChI=1S/C15H14N2O5/c18-14(15(19)17-8-11-2-1-5-20-11)16-7-10-3-4-12-13(6-10)22-9-21-12/h1-6H,7-9H2,(H,16,18)(H,17,19). The third-order valence-corrected chi connectivity index (χ3v) is 3.10. The quantitative estimate of drug-likeness (QED) is 0.820. The lowest BCUT2D eigenvalue weighted by Gasteiger charge is -2.06. The maximum Gasteiger partial charge on any atom is 0.309 e. The Balaban J connectivity index is 1.48. The fourth-order valence-electron chi connectivity index (χ4n) is 1.97. The molecule has 114 valence electrons. The predicted molar refractivity (Wildman–Crippen MR) is 75.0 cm³/mol. The van der Waals surface area contributed by atoms with Gasteiger partial charge < -0.3 is 24.5 Å². The van der Waals surface area contributed by atoms with Gasteiger partial charge in [0.2, 0.25) is 6.79 Å². The summed E-state index contributed by atoms with van der Waals surface area (Å²) in [6.07, 6.45) is 1.50. The monoisotopic (exact) mass is 302 g/mol. The van der Waals surface area contributed by atoms with Gasteiger partial charge >= 0.3 is 11.8 Å². The van der Waals surface area contributed by atoms with E-state index in [0.29, 0.717) is 17.3 Å². The van der Waals surface area contributed by atoms with Gasteiger partial charge in [0.25, 0.3) is 0 Å². The van der Waals surface area contributed by atoms with Crippen LogP contribution in [0.4, 0.5) is 0 Å². The summed E-state index contributed by atoms with van der Waals surface area (Å²) in [5.41, 5.74) is 0.816. The van der Waals surface area contributed by atoms with Crippen molar-refractivity contribution in [3.63, 3.8) is 0 Å². The molecule has 0 atom stereocenters.